The van der Waals surface area contributed by atoms with Crippen molar-refractivity contribution in [1.82, 2.24) is 15.2 Å². The van der Waals surface area contributed by atoms with Crippen LogP contribution in [0, 0.1) is 0 Å². The van der Waals surface area contributed by atoms with Gasteiger partial charge in [-0.15, -0.1) is 0 Å². The fourth-order valence-corrected chi connectivity index (χ4v) is 4.22. The third kappa shape index (κ3) is 5.83. The molecule has 0 aliphatic carbocycles. The lowest BCUT2D eigenvalue weighted by Gasteiger charge is -2.28. The van der Waals surface area contributed by atoms with Crippen LogP contribution in [0.3, 0.4) is 0 Å². The lowest BCUT2D eigenvalue weighted by molar-refractivity contribution is 0.340. The molecule has 1 heterocycles. The molecule has 0 radical (unpaired) electrons. The Morgan fingerprint density at radius 2 is 1.71 bits per heavy atom. The van der Waals surface area contributed by atoms with Crippen LogP contribution < -0.4 is 15.6 Å². The van der Waals surface area contributed by atoms with Crippen molar-refractivity contribution in [2.24, 2.45) is 0 Å². The first kappa shape index (κ1) is 23.5. The van der Waals surface area contributed by atoms with Crippen LogP contribution in [-0.4, -0.2) is 21.6 Å². The van der Waals surface area contributed by atoms with Crippen molar-refractivity contribution in [2.75, 3.05) is 6.61 Å². The Hall–Kier alpha value is -3.64. The number of hydrogen-bond acceptors (Lipinski definition) is 3. The summed E-state index contributed by atoms with van der Waals surface area (Å²) in [5.74, 6) is 0.781. The third-order valence-electron chi connectivity index (χ3n) is 5.71. The van der Waals surface area contributed by atoms with Crippen molar-refractivity contribution >= 4 is 28.2 Å². The second-order valence-corrected chi connectivity index (χ2v) is 8.62. The minimum Gasteiger partial charge on any atom is -0.494 e. The minimum atomic E-state index is -0.117. The van der Waals surface area contributed by atoms with E-state index in [0.717, 1.165) is 27.8 Å². The zero-order chi connectivity index (χ0) is 23.9. The Balaban J connectivity index is 1.62. The first-order chi connectivity index (χ1) is 16.5. The predicted molar refractivity (Wildman–Crippen MR) is 142 cm³/mol. The second-order valence-electron chi connectivity index (χ2n) is 8.23. The molecule has 174 valence electrons. The Kier molecular flexibility index (Phi) is 7.60. The summed E-state index contributed by atoms with van der Waals surface area (Å²) in [6.07, 6.45) is 0. The molecule has 0 fully saturated rings. The van der Waals surface area contributed by atoms with E-state index in [1.54, 1.807) is 0 Å². The first-order valence-corrected chi connectivity index (χ1v) is 11.9. The van der Waals surface area contributed by atoms with Gasteiger partial charge in [0, 0.05) is 23.0 Å². The van der Waals surface area contributed by atoms with Gasteiger partial charge >= 0.3 is 0 Å². The van der Waals surface area contributed by atoms with Gasteiger partial charge in [-0.3, -0.25) is 4.79 Å². The van der Waals surface area contributed by atoms with E-state index >= 15 is 0 Å². The standard InChI is InChI=1S/C28H29N3O2S/c1-3-33-25-14-15-26-23(17-25)16-24(27(32)30-26)19-31(18-21-10-6-4-7-11-21)28(34)29-20(2)22-12-8-5-9-13-22/h4-17,20H,3,18-19H2,1-2H3,(H,29,34)(H,30,32)/t20-/m0/s1. The van der Waals surface area contributed by atoms with Gasteiger partial charge in [0.25, 0.3) is 5.56 Å². The van der Waals surface area contributed by atoms with Crippen LogP contribution in [0.4, 0.5) is 0 Å². The highest BCUT2D eigenvalue weighted by atomic mass is 32.1. The van der Waals surface area contributed by atoms with Gasteiger partial charge in [-0.1, -0.05) is 60.7 Å². The maximum absolute atomic E-state index is 12.9. The van der Waals surface area contributed by atoms with Crippen LogP contribution in [0.5, 0.6) is 5.75 Å². The van der Waals surface area contributed by atoms with Crippen LogP contribution in [0.2, 0.25) is 0 Å². The van der Waals surface area contributed by atoms with Crippen LogP contribution >= 0.6 is 12.2 Å². The smallest absolute Gasteiger partial charge is 0.253 e. The minimum absolute atomic E-state index is 0.0376. The van der Waals surface area contributed by atoms with E-state index in [2.05, 4.69) is 41.5 Å². The highest BCUT2D eigenvalue weighted by Gasteiger charge is 2.16. The average molecular weight is 472 g/mol. The van der Waals surface area contributed by atoms with Crippen LogP contribution in [0.1, 0.15) is 36.6 Å². The van der Waals surface area contributed by atoms with E-state index in [1.165, 1.54) is 0 Å². The van der Waals surface area contributed by atoms with E-state index in [1.807, 2.05) is 72.5 Å². The molecule has 1 atom stereocenters. The molecule has 3 aromatic carbocycles. The number of hydrogen-bond donors (Lipinski definition) is 2. The van der Waals surface area contributed by atoms with Gasteiger partial charge in [-0.2, -0.15) is 0 Å². The fraction of sp³-hybridized carbons (Fsp3) is 0.214. The number of aromatic amines is 1. The molecule has 0 bridgehead atoms. The highest BCUT2D eigenvalue weighted by molar-refractivity contribution is 7.80. The number of nitrogens with zero attached hydrogens (tertiary/aromatic N) is 1. The van der Waals surface area contributed by atoms with Gasteiger partial charge in [-0.05, 0) is 61.5 Å². The van der Waals surface area contributed by atoms with E-state index < -0.39 is 0 Å². The van der Waals surface area contributed by atoms with Crippen LogP contribution in [0.25, 0.3) is 10.9 Å². The molecule has 0 amide bonds. The van der Waals surface area contributed by atoms with Crippen LogP contribution in [0.15, 0.2) is 89.7 Å². The van der Waals surface area contributed by atoms with Crippen molar-refractivity contribution in [2.45, 2.75) is 33.0 Å². The molecule has 0 spiro atoms. The monoisotopic (exact) mass is 471 g/mol. The third-order valence-corrected chi connectivity index (χ3v) is 6.08. The van der Waals surface area contributed by atoms with Gasteiger partial charge < -0.3 is 19.9 Å². The van der Waals surface area contributed by atoms with Crippen molar-refractivity contribution < 1.29 is 4.74 Å². The van der Waals surface area contributed by atoms with Gasteiger partial charge in [0.2, 0.25) is 0 Å². The molecule has 0 unspecified atom stereocenters. The Morgan fingerprint density at radius 3 is 2.41 bits per heavy atom. The van der Waals surface area contributed by atoms with E-state index in [9.17, 15) is 4.79 Å². The normalized spacial score (nSPS) is 11.7. The number of benzene rings is 3. The fourth-order valence-electron chi connectivity index (χ4n) is 3.91. The summed E-state index contributed by atoms with van der Waals surface area (Å²) in [6.45, 7) is 5.60. The maximum atomic E-state index is 12.9. The number of fused-ring (bicyclic) bond motifs is 1. The average Bonchev–Trinajstić information content (AvgIpc) is 2.85. The number of nitrogens with one attached hydrogen (secondary N) is 2. The number of pyridine rings is 1. The molecule has 2 N–H and O–H groups in total. The molecule has 0 saturated heterocycles. The van der Waals surface area contributed by atoms with Gasteiger partial charge in [0.1, 0.15) is 5.75 Å². The Bertz CT molecular complexity index is 1310. The zero-order valence-corrected chi connectivity index (χ0v) is 20.3. The summed E-state index contributed by atoms with van der Waals surface area (Å²) in [5, 5.41) is 4.97. The summed E-state index contributed by atoms with van der Waals surface area (Å²) in [7, 11) is 0. The predicted octanol–water partition coefficient (Wildman–Crippen LogP) is 5.56. The molecule has 0 aliphatic rings. The van der Waals surface area contributed by atoms with E-state index in [0.29, 0.717) is 30.4 Å². The van der Waals surface area contributed by atoms with Crippen LogP contribution in [-0.2, 0) is 13.1 Å². The summed E-state index contributed by atoms with van der Waals surface area (Å²) in [4.78, 5) is 18.0. The lowest BCUT2D eigenvalue weighted by atomic mass is 10.1. The summed E-state index contributed by atoms with van der Waals surface area (Å²) in [5.41, 5.74) is 3.58. The molecule has 34 heavy (non-hydrogen) atoms. The number of H-pyrrole nitrogens is 1. The van der Waals surface area contributed by atoms with Crippen molar-refractivity contribution in [3.8, 4) is 5.75 Å². The lowest BCUT2D eigenvalue weighted by Crippen LogP contribution is -2.41. The largest absolute Gasteiger partial charge is 0.494 e. The van der Waals surface area contributed by atoms with Gasteiger partial charge in [-0.25, -0.2) is 0 Å². The molecule has 1 aromatic heterocycles. The topological polar surface area (TPSA) is 57.4 Å². The summed E-state index contributed by atoms with van der Waals surface area (Å²) in [6, 6.07) is 28.0. The second kappa shape index (κ2) is 11.0. The first-order valence-electron chi connectivity index (χ1n) is 11.5. The Morgan fingerprint density at radius 1 is 1.00 bits per heavy atom. The Labute approximate surface area is 205 Å². The zero-order valence-electron chi connectivity index (χ0n) is 19.5. The molecular formula is C28H29N3O2S. The molecular weight excluding hydrogens is 442 g/mol. The number of ether oxygens (including phenoxy) is 1. The molecule has 6 heteroatoms. The van der Waals surface area contributed by atoms with E-state index in [4.69, 9.17) is 17.0 Å². The van der Waals surface area contributed by atoms with Crippen molar-refractivity contribution in [3.63, 3.8) is 0 Å². The summed E-state index contributed by atoms with van der Waals surface area (Å²) < 4.78 is 5.63. The van der Waals surface area contributed by atoms with Crippen molar-refractivity contribution in [3.05, 3.63) is 112 Å². The molecule has 0 saturated carbocycles. The number of rotatable bonds is 8. The number of thiocarbonyl (C=S) groups is 1. The molecule has 5 nitrogen and oxygen atoms in total. The van der Waals surface area contributed by atoms with Crippen molar-refractivity contribution in [1.29, 1.82) is 0 Å². The molecule has 4 aromatic rings. The quantitative estimate of drug-likeness (QED) is 0.329. The number of aromatic nitrogens is 1. The SMILES string of the molecule is CCOc1ccc2[nH]c(=O)c(CN(Cc3ccccc3)C(=S)N[C@@H](C)c3ccccc3)cc2c1. The maximum Gasteiger partial charge on any atom is 0.253 e. The molecule has 4 rings (SSSR count). The highest BCUT2D eigenvalue weighted by Crippen LogP contribution is 2.20. The van der Waals surface area contributed by atoms with E-state index in [-0.39, 0.29) is 11.6 Å². The van der Waals surface area contributed by atoms with Gasteiger partial charge in [0.05, 0.1) is 19.2 Å². The molecule has 0 aliphatic heterocycles. The van der Waals surface area contributed by atoms with Gasteiger partial charge in [0.15, 0.2) is 5.11 Å². The summed E-state index contributed by atoms with van der Waals surface area (Å²) >= 11 is 5.83.